The molecular formula is C26H32O6. The van der Waals surface area contributed by atoms with Gasteiger partial charge in [-0.05, 0) is 74.1 Å². The molecule has 2 aromatic rings. The molecule has 6 nitrogen and oxygen atoms in total. The van der Waals surface area contributed by atoms with E-state index in [-0.39, 0.29) is 11.5 Å². The number of benzene rings is 2. The zero-order valence-corrected chi connectivity index (χ0v) is 19.2. The number of phenols is 1. The van der Waals surface area contributed by atoms with E-state index >= 15 is 0 Å². The van der Waals surface area contributed by atoms with Crippen LogP contribution in [-0.2, 0) is 4.79 Å². The number of aromatic hydroxyl groups is 1. The van der Waals surface area contributed by atoms with Gasteiger partial charge >= 0.3 is 5.97 Å². The third-order valence-electron chi connectivity index (χ3n) is 5.10. The van der Waals surface area contributed by atoms with Crippen molar-refractivity contribution < 1.29 is 29.3 Å². The predicted molar refractivity (Wildman–Crippen MR) is 125 cm³/mol. The molecule has 0 radical (unpaired) electrons. The lowest BCUT2D eigenvalue weighted by Gasteiger charge is -2.15. The molecule has 2 rings (SSSR count). The molecule has 2 N–H and O–H groups in total. The summed E-state index contributed by atoms with van der Waals surface area (Å²) >= 11 is 0. The molecule has 0 amide bonds. The van der Waals surface area contributed by atoms with Crippen molar-refractivity contribution in [2.24, 2.45) is 5.92 Å². The van der Waals surface area contributed by atoms with E-state index in [1.54, 1.807) is 12.1 Å². The Labute approximate surface area is 189 Å². The first-order valence-corrected chi connectivity index (χ1v) is 10.8. The van der Waals surface area contributed by atoms with Crippen LogP contribution in [0, 0.1) is 19.8 Å². The summed E-state index contributed by atoms with van der Waals surface area (Å²) in [4.78, 5) is 23.0. The molecule has 0 saturated carbocycles. The van der Waals surface area contributed by atoms with Gasteiger partial charge in [-0.25, -0.2) is 4.79 Å². The average molecular weight is 441 g/mol. The van der Waals surface area contributed by atoms with Gasteiger partial charge < -0.3 is 19.7 Å². The van der Waals surface area contributed by atoms with Crippen LogP contribution in [0.25, 0.3) is 6.08 Å². The van der Waals surface area contributed by atoms with Crippen molar-refractivity contribution in [3.63, 3.8) is 0 Å². The summed E-state index contributed by atoms with van der Waals surface area (Å²) in [5.41, 5.74) is 3.14. The Hall–Kier alpha value is -3.28. The lowest BCUT2D eigenvalue weighted by Crippen LogP contribution is -2.08. The number of phenolic OH excluding ortho intramolecular Hbond substituents is 1. The van der Waals surface area contributed by atoms with E-state index in [1.807, 2.05) is 39.8 Å². The quantitative estimate of drug-likeness (QED) is 0.254. The third kappa shape index (κ3) is 7.45. The summed E-state index contributed by atoms with van der Waals surface area (Å²) < 4.78 is 11.5. The van der Waals surface area contributed by atoms with Crippen molar-refractivity contribution in [3.8, 4) is 17.2 Å². The lowest BCUT2D eigenvalue weighted by atomic mass is 9.95. The molecule has 0 atom stereocenters. The molecule has 32 heavy (non-hydrogen) atoms. The molecule has 0 aliphatic heterocycles. The summed E-state index contributed by atoms with van der Waals surface area (Å²) in [5, 5.41) is 18.6. The van der Waals surface area contributed by atoms with Crippen molar-refractivity contribution in [3.05, 3.63) is 58.7 Å². The van der Waals surface area contributed by atoms with Gasteiger partial charge in [-0.15, -0.1) is 0 Å². The maximum Gasteiger partial charge on any atom is 0.328 e. The lowest BCUT2D eigenvalue weighted by molar-refractivity contribution is -0.131. The number of Topliss-reactive ketones (excluding diaryl/α,β-unsaturated/α-hetero) is 1. The first kappa shape index (κ1) is 25.0. The molecule has 0 bridgehead atoms. The number of aliphatic carboxylic acids is 1. The Morgan fingerprint density at radius 3 is 2.31 bits per heavy atom. The minimum absolute atomic E-state index is 0.0375. The maximum atomic E-state index is 12.4. The number of carbonyl (C=O) groups excluding carboxylic acids is 1. The summed E-state index contributed by atoms with van der Waals surface area (Å²) in [6, 6.07) is 8.48. The highest BCUT2D eigenvalue weighted by Crippen LogP contribution is 2.27. The van der Waals surface area contributed by atoms with Crippen molar-refractivity contribution in [1.82, 2.24) is 0 Å². The highest BCUT2D eigenvalue weighted by atomic mass is 16.5. The molecule has 0 aliphatic carbocycles. The van der Waals surface area contributed by atoms with Crippen molar-refractivity contribution in [2.75, 3.05) is 13.2 Å². The topological polar surface area (TPSA) is 93.1 Å². The largest absolute Gasteiger partial charge is 0.507 e. The first-order valence-electron chi connectivity index (χ1n) is 10.8. The summed E-state index contributed by atoms with van der Waals surface area (Å²) in [6.07, 6.45) is 4.40. The fourth-order valence-corrected chi connectivity index (χ4v) is 3.23. The average Bonchev–Trinajstić information content (AvgIpc) is 2.72. The van der Waals surface area contributed by atoms with Crippen molar-refractivity contribution in [2.45, 2.75) is 47.0 Å². The van der Waals surface area contributed by atoms with Crippen molar-refractivity contribution >= 4 is 17.8 Å². The van der Waals surface area contributed by atoms with Gasteiger partial charge in [0.05, 0.1) is 13.2 Å². The van der Waals surface area contributed by atoms with Crippen LogP contribution < -0.4 is 9.47 Å². The van der Waals surface area contributed by atoms with Crippen LogP contribution >= 0.6 is 0 Å². The second-order valence-corrected chi connectivity index (χ2v) is 8.18. The standard InChI is InChI=1S/C26H32O6/c1-17(2)15-24(28)22-10-11-25(19(4)18(22)3)32-14-6-5-13-31-21-9-7-20(23(27)16-21)8-12-26(29)30/h7-12,16-17,27H,5-6,13-15H2,1-4H3,(H,29,30)/b12-8+. The zero-order chi connectivity index (χ0) is 23.7. The predicted octanol–water partition coefficient (Wildman–Crippen LogP) is 5.57. The molecule has 172 valence electrons. The van der Waals surface area contributed by atoms with Gasteiger partial charge in [-0.3, -0.25) is 4.79 Å². The van der Waals surface area contributed by atoms with E-state index in [4.69, 9.17) is 14.6 Å². The molecule has 0 saturated heterocycles. The van der Waals surface area contributed by atoms with E-state index in [2.05, 4.69) is 0 Å². The SMILES string of the molecule is Cc1c(OCCCCOc2ccc(/C=C/C(=O)O)c(O)c2)ccc(C(=O)CC(C)C)c1C. The van der Waals surface area contributed by atoms with Gasteiger partial charge in [0, 0.05) is 29.7 Å². The van der Waals surface area contributed by atoms with E-state index in [0.29, 0.717) is 36.9 Å². The molecule has 0 unspecified atom stereocenters. The molecule has 0 spiro atoms. The van der Waals surface area contributed by atoms with E-state index in [0.717, 1.165) is 41.4 Å². The maximum absolute atomic E-state index is 12.4. The van der Waals surface area contributed by atoms with Gasteiger partial charge in [0.1, 0.15) is 17.2 Å². The molecule has 6 heteroatoms. The summed E-state index contributed by atoms with van der Waals surface area (Å²) in [7, 11) is 0. The van der Waals surface area contributed by atoms with Gasteiger partial charge in [-0.2, -0.15) is 0 Å². The number of carboxylic acid groups (broad SMARTS) is 1. The summed E-state index contributed by atoms with van der Waals surface area (Å²) in [6.45, 7) is 9.02. The molecule has 0 aliphatic rings. The Bertz CT molecular complexity index is 975. The number of hydrogen-bond donors (Lipinski definition) is 2. The fraction of sp³-hybridized carbons (Fsp3) is 0.385. The van der Waals surface area contributed by atoms with Crippen LogP contribution in [0.1, 0.15) is 60.2 Å². The molecular weight excluding hydrogens is 408 g/mol. The van der Waals surface area contributed by atoms with Gasteiger partial charge in [0.2, 0.25) is 0 Å². The normalized spacial score (nSPS) is 11.2. The minimum Gasteiger partial charge on any atom is -0.507 e. The number of carboxylic acids is 1. The molecule has 0 heterocycles. The highest BCUT2D eigenvalue weighted by molar-refractivity contribution is 5.98. The van der Waals surface area contributed by atoms with Crippen LogP contribution in [0.3, 0.4) is 0 Å². The highest BCUT2D eigenvalue weighted by Gasteiger charge is 2.14. The third-order valence-corrected chi connectivity index (χ3v) is 5.10. The molecule has 0 fully saturated rings. The van der Waals surface area contributed by atoms with Crippen LogP contribution in [0.2, 0.25) is 0 Å². The number of rotatable bonds is 12. The monoisotopic (exact) mass is 440 g/mol. The minimum atomic E-state index is -1.08. The smallest absolute Gasteiger partial charge is 0.328 e. The van der Waals surface area contributed by atoms with E-state index in [1.165, 1.54) is 12.1 Å². The van der Waals surface area contributed by atoms with Gasteiger partial charge in [-0.1, -0.05) is 13.8 Å². The number of ether oxygens (including phenoxy) is 2. The Morgan fingerprint density at radius 1 is 1.00 bits per heavy atom. The molecule has 0 aromatic heterocycles. The number of hydrogen-bond acceptors (Lipinski definition) is 5. The Morgan fingerprint density at radius 2 is 1.69 bits per heavy atom. The second-order valence-electron chi connectivity index (χ2n) is 8.18. The first-order chi connectivity index (χ1) is 15.2. The van der Waals surface area contributed by atoms with Crippen molar-refractivity contribution in [1.29, 1.82) is 0 Å². The van der Waals surface area contributed by atoms with Gasteiger partial charge in [0.15, 0.2) is 5.78 Å². The fourth-order valence-electron chi connectivity index (χ4n) is 3.23. The number of carbonyl (C=O) groups is 2. The summed E-state index contributed by atoms with van der Waals surface area (Å²) in [5.74, 6) is 0.693. The van der Waals surface area contributed by atoms with Crippen LogP contribution in [0.4, 0.5) is 0 Å². The van der Waals surface area contributed by atoms with Crippen LogP contribution in [0.5, 0.6) is 17.2 Å². The number of ketones is 1. The number of unbranched alkanes of at least 4 members (excludes halogenated alkanes) is 1. The molecule has 2 aromatic carbocycles. The Balaban J connectivity index is 1.78. The zero-order valence-electron chi connectivity index (χ0n) is 19.2. The van der Waals surface area contributed by atoms with Crippen LogP contribution in [0.15, 0.2) is 36.4 Å². The van der Waals surface area contributed by atoms with E-state index < -0.39 is 5.97 Å². The second kappa shape index (κ2) is 11.9. The van der Waals surface area contributed by atoms with Crippen LogP contribution in [-0.4, -0.2) is 35.2 Å². The van der Waals surface area contributed by atoms with E-state index in [9.17, 15) is 14.7 Å². The van der Waals surface area contributed by atoms with Gasteiger partial charge in [0.25, 0.3) is 0 Å². The Kier molecular flexibility index (Phi) is 9.32.